The molecule has 0 atom stereocenters. The number of carboxylic acids is 1. The standard InChI is InChI=1S/C24H28FN3O3S2/c1-2-3-4-5-6-7-16-12-17(25)8-10-20(16)26-14-19-9-11-21(33-19)23(31)28-24-27-18(15-32-24)13-22(29)30/h8-12,15,26H,2-7,13-14H2,1H3,(H,29,30)(H,27,28,31). The van der Waals surface area contributed by atoms with Gasteiger partial charge in [0.05, 0.1) is 17.0 Å². The van der Waals surface area contributed by atoms with Crippen molar-refractivity contribution in [1.29, 1.82) is 0 Å². The van der Waals surface area contributed by atoms with Crippen LogP contribution in [0.2, 0.25) is 0 Å². The Labute approximate surface area is 200 Å². The Bertz CT molecular complexity index is 1080. The number of benzene rings is 1. The molecule has 0 saturated carbocycles. The van der Waals surface area contributed by atoms with Crippen LogP contribution in [0.1, 0.15) is 64.8 Å². The molecule has 0 fully saturated rings. The number of thiophene rings is 1. The Hall–Kier alpha value is -2.78. The molecule has 1 amide bonds. The van der Waals surface area contributed by atoms with E-state index in [0.717, 1.165) is 35.4 Å². The third-order valence-electron chi connectivity index (χ3n) is 5.06. The van der Waals surface area contributed by atoms with E-state index >= 15 is 0 Å². The summed E-state index contributed by atoms with van der Waals surface area (Å²) < 4.78 is 13.8. The molecule has 2 heterocycles. The summed E-state index contributed by atoms with van der Waals surface area (Å²) in [7, 11) is 0. The first kappa shape index (κ1) is 24.9. The molecule has 6 nitrogen and oxygen atoms in total. The molecule has 1 aromatic carbocycles. The number of aliphatic carboxylic acids is 1. The highest BCUT2D eigenvalue weighted by molar-refractivity contribution is 7.15. The largest absolute Gasteiger partial charge is 0.481 e. The molecule has 9 heteroatoms. The first-order valence-corrected chi connectivity index (χ1v) is 12.7. The summed E-state index contributed by atoms with van der Waals surface area (Å²) in [5, 5.41) is 16.9. The van der Waals surface area contributed by atoms with Crippen molar-refractivity contribution in [1.82, 2.24) is 4.98 Å². The molecule has 0 unspecified atom stereocenters. The number of carbonyl (C=O) groups is 2. The molecule has 3 rings (SSSR count). The second-order valence-electron chi connectivity index (χ2n) is 7.75. The highest BCUT2D eigenvalue weighted by Crippen LogP contribution is 2.24. The van der Waals surface area contributed by atoms with Crippen molar-refractivity contribution >= 4 is 45.4 Å². The Morgan fingerprint density at radius 1 is 1.12 bits per heavy atom. The lowest BCUT2D eigenvalue weighted by atomic mass is 10.0. The van der Waals surface area contributed by atoms with Gasteiger partial charge in [-0.15, -0.1) is 22.7 Å². The van der Waals surface area contributed by atoms with Crippen LogP contribution in [0, 0.1) is 5.82 Å². The van der Waals surface area contributed by atoms with Gasteiger partial charge in [0.2, 0.25) is 0 Å². The average molecular weight is 490 g/mol. The van der Waals surface area contributed by atoms with Gasteiger partial charge in [0.25, 0.3) is 5.91 Å². The number of hydrogen-bond acceptors (Lipinski definition) is 6. The molecule has 176 valence electrons. The van der Waals surface area contributed by atoms with E-state index in [1.165, 1.54) is 48.0 Å². The summed E-state index contributed by atoms with van der Waals surface area (Å²) in [6, 6.07) is 8.47. The van der Waals surface area contributed by atoms with Crippen LogP contribution >= 0.6 is 22.7 Å². The number of amides is 1. The van der Waals surface area contributed by atoms with Crippen LogP contribution in [0.5, 0.6) is 0 Å². The maximum Gasteiger partial charge on any atom is 0.309 e. The highest BCUT2D eigenvalue weighted by atomic mass is 32.1. The fourth-order valence-corrected chi connectivity index (χ4v) is 4.95. The van der Waals surface area contributed by atoms with Gasteiger partial charge in [-0.3, -0.25) is 14.9 Å². The number of aromatic nitrogens is 1. The second kappa shape index (κ2) is 12.5. The number of hydrogen-bond donors (Lipinski definition) is 3. The maximum absolute atomic E-state index is 13.8. The fraction of sp³-hybridized carbons (Fsp3) is 0.375. The van der Waals surface area contributed by atoms with Crippen LogP contribution < -0.4 is 10.6 Å². The van der Waals surface area contributed by atoms with Crippen LogP contribution in [0.4, 0.5) is 15.2 Å². The third-order valence-corrected chi connectivity index (χ3v) is 6.95. The minimum Gasteiger partial charge on any atom is -0.481 e. The number of anilines is 2. The van der Waals surface area contributed by atoms with Gasteiger partial charge < -0.3 is 10.4 Å². The lowest BCUT2D eigenvalue weighted by Crippen LogP contribution is -2.10. The van der Waals surface area contributed by atoms with E-state index in [2.05, 4.69) is 22.5 Å². The van der Waals surface area contributed by atoms with Gasteiger partial charge in [-0.2, -0.15) is 0 Å². The number of halogens is 1. The van der Waals surface area contributed by atoms with Gasteiger partial charge in [-0.05, 0) is 48.7 Å². The number of carboxylic acid groups (broad SMARTS) is 1. The van der Waals surface area contributed by atoms with Crippen molar-refractivity contribution in [2.75, 3.05) is 10.6 Å². The van der Waals surface area contributed by atoms with Crippen molar-refractivity contribution in [2.45, 2.75) is 58.4 Å². The van der Waals surface area contributed by atoms with Crippen LogP contribution in [-0.2, 0) is 24.2 Å². The molecule has 3 aromatic rings. The molecule has 0 saturated heterocycles. The number of thiazole rings is 1. The topological polar surface area (TPSA) is 91.3 Å². The summed E-state index contributed by atoms with van der Waals surface area (Å²) in [4.78, 5) is 28.9. The minimum atomic E-state index is -0.964. The van der Waals surface area contributed by atoms with Gasteiger partial charge in [0.1, 0.15) is 5.82 Å². The van der Waals surface area contributed by atoms with Gasteiger partial charge >= 0.3 is 5.97 Å². The Morgan fingerprint density at radius 3 is 2.73 bits per heavy atom. The second-order valence-corrected chi connectivity index (χ2v) is 9.78. The monoisotopic (exact) mass is 489 g/mol. The predicted octanol–water partition coefficient (Wildman–Crippen LogP) is 6.35. The normalized spacial score (nSPS) is 10.8. The van der Waals surface area contributed by atoms with E-state index in [-0.39, 0.29) is 18.1 Å². The van der Waals surface area contributed by atoms with Crippen LogP contribution in [0.25, 0.3) is 0 Å². The smallest absolute Gasteiger partial charge is 0.309 e. The SMILES string of the molecule is CCCCCCCc1cc(F)ccc1NCc1ccc(C(=O)Nc2nc(CC(=O)O)cs2)s1. The molecule has 0 aliphatic rings. The maximum atomic E-state index is 13.8. The van der Waals surface area contributed by atoms with E-state index in [9.17, 15) is 14.0 Å². The molecule has 0 spiro atoms. The van der Waals surface area contributed by atoms with Crippen molar-refractivity contribution in [3.05, 3.63) is 62.5 Å². The molecule has 0 bridgehead atoms. The summed E-state index contributed by atoms with van der Waals surface area (Å²) >= 11 is 2.56. The number of carbonyl (C=O) groups excluding carboxylic acids is 1. The molecule has 33 heavy (non-hydrogen) atoms. The van der Waals surface area contributed by atoms with E-state index in [1.54, 1.807) is 23.6 Å². The third kappa shape index (κ3) is 7.94. The zero-order valence-electron chi connectivity index (χ0n) is 18.5. The lowest BCUT2D eigenvalue weighted by molar-refractivity contribution is -0.136. The number of rotatable bonds is 13. The van der Waals surface area contributed by atoms with Crippen LogP contribution in [0.3, 0.4) is 0 Å². The van der Waals surface area contributed by atoms with Crippen molar-refractivity contribution in [3.8, 4) is 0 Å². The first-order chi connectivity index (χ1) is 15.9. The summed E-state index contributed by atoms with van der Waals surface area (Å²) in [5.41, 5.74) is 2.31. The molecule has 2 aromatic heterocycles. The summed E-state index contributed by atoms with van der Waals surface area (Å²) in [6.07, 6.45) is 6.47. The van der Waals surface area contributed by atoms with E-state index in [0.29, 0.717) is 22.2 Å². The number of unbranched alkanes of at least 4 members (excludes halogenated alkanes) is 4. The summed E-state index contributed by atoms with van der Waals surface area (Å²) in [6.45, 7) is 2.72. The average Bonchev–Trinajstić information content (AvgIpc) is 3.42. The van der Waals surface area contributed by atoms with Crippen molar-refractivity contribution in [3.63, 3.8) is 0 Å². The zero-order valence-corrected chi connectivity index (χ0v) is 20.2. The molecule has 3 N–H and O–H groups in total. The molecule has 0 radical (unpaired) electrons. The zero-order chi connectivity index (χ0) is 23.6. The quantitative estimate of drug-likeness (QED) is 0.243. The number of aryl methyl sites for hydroxylation is 1. The minimum absolute atomic E-state index is 0.175. The van der Waals surface area contributed by atoms with Gasteiger partial charge in [-0.1, -0.05) is 32.6 Å². The predicted molar refractivity (Wildman–Crippen MR) is 132 cm³/mol. The molecular formula is C24H28FN3O3S2. The van der Waals surface area contributed by atoms with Gasteiger partial charge in [0, 0.05) is 22.5 Å². The fourth-order valence-electron chi connectivity index (χ4n) is 3.40. The number of nitrogens with zero attached hydrogens (tertiary/aromatic N) is 1. The van der Waals surface area contributed by atoms with E-state index in [4.69, 9.17) is 5.11 Å². The van der Waals surface area contributed by atoms with Gasteiger partial charge in [-0.25, -0.2) is 9.37 Å². The van der Waals surface area contributed by atoms with E-state index in [1.807, 2.05) is 6.07 Å². The molecule has 0 aliphatic carbocycles. The van der Waals surface area contributed by atoms with Crippen molar-refractivity contribution in [2.24, 2.45) is 0 Å². The number of nitrogens with one attached hydrogen (secondary N) is 2. The molecule has 0 aliphatic heterocycles. The highest BCUT2D eigenvalue weighted by Gasteiger charge is 2.13. The first-order valence-electron chi connectivity index (χ1n) is 11.0. The Kier molecular flexibility index (Phi) is 9.38. The van der Waals surface area contributed by atoms with Crippen LogP contribution in [-0.4, -0.2) is 22.0 Å². The van der Waals surface area contributed by atoms with E-state index < -0.39 is 5.97 Å². The lowest BCUT2D eigenvalue weighted by Gasteiger charge is -2.12. The van der Waals surface area contributed by atoms with Crippen LogP contribution in [0.15, 0.2) is 35.7 Å². The van der Waals surface area contributed by atoms with Gasteiger partial charge in [0.15, 0.2) is 5.13 Å². The van der Waals surface area contributed by atoms with Crippen molar-refractivity contribution < 1.29 is 19.1 Å². The molecular weight excluding hydrogens is 461 g/mol. The Morgan fingerprint density at radius 2 is 1.94 bits per heavy atom. The summed E-state index contributed by atoms with van der Waals surface area (Å²) in [5.74, 6) is -1.47. The Balaban J connectivity index is 1.54.